The smallest absolute Gasteiger partial charge is 0.234 e. The van der Waals surface area contributed by atoms with Gasteiger partial charge >= 0.3 is 0 Å². The highest BCUT2D eigenvalue weighted by Crippen LogP contribution is 2.14. The summed E-state index contributed by atoms with van der Waals surface area (Å²) in [5.74, 6) is -2.97. The highest BCUT2D eigenvalue weighted by molar-refractivity contribution is 5.83. The fraction of sp³-hybridized carbons (Fsp3) is 0.714. The van der Waals surface area contributed by atoms with Crippen LogP contribution in [0.25, 0.3) is 0 Å². The lowest BCUT2D eigenvalue weighted by molar-refractivity contribution is -0.123. The Labute approximate surface area is 76.1 Å². The molecule has 5 heteroatoms. The summed E-state index contributed by atoms with van der Waals surface area (Å²) in [4.78, 5) is 22.1. The highest BCUT2D eigenvalue weighted by atomic mass is 16.2. The van der Waals surface area contributed by atoms with E-state index in [0.29, 0.717) is 0 Å². The first-order valence-corrected chi connectivity index (χ1v) is 3.46. The average Bonchev–Trinajstić information content (AvgIpc) is 2.24. The highest BCUT2D eigenvalue weighted by Gasteiger charge is 2.27. The minimum atomic E-state index is -2.47. The standard InChI is InChI=1S/C7H13N3O2/c8-5(6(9)11)3-4-1-2-10-7(4)12/h4-5H,1-3,8H2,(H2,9,11)(H,10,12)/t4-,5-/m0/s1/i1D2,2D2. The normalized spacial score (nSPS) is 38.4. The molecule has 1 aliphatic heterocycles. The van der Waals surface area contributed by atoms with Crippen molar-refractivity contribution >= 4 is 11.8 Å². The van der Waals surface area contributed by atoms with Gasteiger partial charge in [-0.05, 0) is 12.8 Å². The molecule has 0 aromatic rings. The van der Waals surface area contributed by atoms with E-state index in [1.807, 2.05) is 5.32 Å². The molecule has 1 rings (SSSR count). The first-order chi connectivity index (χ1) is 7.09. The van der Waals surface area contributed by atoms with Crippen molar-refractivity contribution in [2.45, 2.75) is 18.8 Å². The van der Waals surface area contributed by atoms with E-state index in [4.69, 9.17) is 17.0 Å². The lowest BCUT2D eigenvalue weighted by Gasteiger charge is -2.10. The molecule has 68 valence electrons. The topological polar surface area (TPSA) is 98.2 Å². The molecule has 0 aromatic heterocycles. The minimum Gasteiger partial charge on any atom is -0.368 e. The zero-order valence-corrected chi connectivity index (χ0v) is 6.33. The molecule has 5 nitrogen and oxygen atoms in total. The maximum absolute atomic E-state index is 11.4. The van der Waals surface area contributed by atoms with Crippen molar-refractivity contribution in [1.29, 1.82) is 0 Å². The largest absolute Gasteiger partial charge is 0.368 e. The third kappa shape index (κ3) is 1.94. The maximum atomic E-state index is 11.4. The van der Waals surface area contributed by atoms with Crippen molar-refractivity contribution in [1.82, 2.24) is 5.32 Å². The van der Waals surface area contributed by atoms with Crippen LogP contribution in [0.3, 0.4) is 0 Å². The molecule has 1 fully saturated rings. The van der Waals surface area contributed by atoms with Crippen LogP contribution in [0.5, 0.6) is 0 Å². The number of carbonyl (C=O) groups excluding carboxylic acids is 2. The Hall–Kier alpha value is -1.10. The zero-order chi connectivity index (χ0) is 12.7. The third-order valence-corrected chi connectivity index (χ3v) is 1.60. The van der Waals surface area contributed by atoms with E-state index in [-0.39, 0.29) is 6.42 Å². The van der Waals surface area contributed by atoms with Gasteiger partial charge in [-0.3, -0.25) is 9.59 Å². The molecule has 0 spiro atoms. The van der Waals surface area contributed by atoms with Gasteiger partial charge in [-0.25, -0.2) is 0 Å². The van der Waals surface area contributed by atoms with Crippen molar-refractivity contribution in [3.05, 3.63) is 0 Å². The molecule has 1 heterocycles. The van der Waals surface area contributed by atoms with Gasteiger partial charge in [-0.15, -0.1) is 0 Å². The minimum absolute atomic E-state index is 0.312. The summed E-state index contributed by atoms with van der Waals surface area (Å²) in [6.45, 7) is -2.47. The Morgan fingerprint density at radius 1 is 1.92 bits per heavy atom. The third-order valence-electron chi connectivity index (χ3n) is 1.60. The number of hydrogen-bond donors (Lipinski definition) is 3. The van der Waals surface area contributed by atoms with Crippen LogP contribution >= 0.6 is 0 Å². The van der Waals surface area contributed by atoms with Crippen LogP contribution < -0.4 is 16.8 Å². The van der Waals surface area contributed by atoms with E-state index in [9.17, 15) is 9.59 Å². The summed E-state index contributed by atoms with van der Waals surface area (Å²) in [5, 5.41) is 1.89. The van der Waals surface area contributed by atoms with Crippen molar-refractivity contribution in [3.8, 4) is 0 Å². The van der Waals surface area contributed by atoms with E-state index < -0.39 is 36.6 Å². The van der Waals surface area contributed by atoms with Gasteiger partial charge in [0.25, 0.3) is 0 Å². The monoisotopic (exact) mass is 175 g/mol. The predicted molar refractivity (Wildman–Crippen MR) is 42.9 cm³/mol. The first kappa shape index (κ1) is 4.81. The number of amides is 2. The number of rotatable bonds is 3. The van der Waals surface area contributed by atoms with Crippen molar-refractivity contribution in [2.75, 3.05) is 6.50 Å². The van der Waals surface area contributed by atoms with Crippen molar-refractivity contribution in [3.63, 3.8) is 0 Å². The molecule has 0 radical (unpaired) electrons. The molecule has 1 saturated heterocycles. The molecule has 0 aromatic carbocycles. The van der Waals surface area contributed by atoms with Crippen molar-refractivity contribution in [2.24, 2.45) is 17.4 Å². The van der Waals surface area contributed by atoms with Crippen LogP contribution in [0.15, 0.2) is 0 Å². The van der Waals surface area contributed by atoms with E-state index in [2.05, 4.69) is 0 Å². The summed E-state index contributed by atoms with van der Waals surface area (Å²) in [6, 6.07) is -1.17. The number of carbonyl (C=O) groups is 2. The summed E-state index contributed by atoms with van der Waals surface area (Å²) in [6.07, 6.45) is -2.73. The molecule has 1 aliphatic rings. The number of nitrogens with one attached hydrogen (secondary N) is 1. The second-order valence-electron chi connectivity index (χ2n) is 2.56. The van der Waals surface area contributed by atoms with E-state index >= 15 is 0 Å². The SMILES string of the molecule is [2H]C1([2H])NC(=O)[C@H](C[C@H](N)C(N)=O)C1([2H])[2H]. The zero-order valence-electron chi connectivity index (χ0n) is 10.3. The van der Waals surface area contributed by atoms with E-state index in [1.165, 1.54) is 0 Å². The lowest BCUT2D eigenvalue weighted by atomic mass is 9.99. The van der Waals surface area contributed by atoms with Gasteiger partial charge in [0.2, 0.25) is 11.8 Å². The molecule has 0 saturated carbocycles. The second kappa shape index (κ2) is 3.53. The van der Waals surface area contributed by atoms with Crippen LogP contribution in [0.2, 0.25) is 0 Å². The van der Waals surface area contributed by atoms with Crippen LogP contribution in [0.4, 0.5) is 0 Å². The van der Waals surface area contributed by atoms with E-state index in [1.54, 1.807) is 0 Å². The molecule has 0 aliphatic carbocycles. The number of nitrogens with two attached hydrogens (primary N) is 2. The molecule has 0 bridgehead atoms. The summed E-state index contributed by atoms with van der Waals surface area (Å²) in [5.41, 5.74) is 10.2. The van der Waals surface area contributed by atoms with E-state index in [0.717, 1.165) is 0 Å². The second-order valence-corrected chi connectivity index (χ2v) is 2.56. The predicted octanol–water partition coefficient (Wildman–Crippen LogP) is -1.67. The quantitative estimate of drug-likeness (QED) is 0.478. The number of primary amides is 1. The lowest BCUT2D eigenvalue weighted by Crippen LogP contribution is -2.39. The molecular weight excluding hydrogens is 158 g/mol. The van der Waals surface area contributed by atoms with Gasteiger partial charge in [-0.2, -0.15) is 0 Å². The number of hydrogen-bond acceptors (Lipinski definition) is 3. The van der Waals surface area contributed by atoms with Crippen LogP contribution in [-0.4, -0.2) is 24.4 Å². The van der Waals surface area contributed by atoms with Gasteiger partial charge in [-0.1, -0.05) is 0 Å². The first-order valence-electron chi connectivity index (χ1n) is 5.46. The molecule has 0 unspecified atom stereocenters. The Balaban J connectivity index is 2.89. The van der Waals surface area contributed by atoms with Gasteiger partial charge < -0.3 is 16.8 Å². The molecular formula is C7H13N3O2. The van der Waals surface area contributed by atoms with Gasteiger partial charge in [0.1, 0.15) is 0 Å². The Kier molecular flexibility index (Phi) is 1.42. The van der Waals surface area contributed by atoms with Gasteiger partial charge in [0.05, 0.1) is 6.04 Å². The van der Waals surface area contributed by atoms with Gasteiger partial charge in [0, 0.05) is 17.9 Å². The molecule has 2 atom stereocenters. The van der Waals surface area contributed by atoms with Crippen LogP contribution in [0, 0.1) is 5.92 Å². The van der Waals surface area contributed by atoms with Gasteiger partial charge in [0.15, 0.2) is 0 Å². The maximum Gasteiger partial charge on any atom is 0.234 e. The van der Waals surface area contributed by atoms with Crippen LogP contribution in [-0.2, 0) is 9.59 Å². The summed E-state index contributed by atoms with van der Waals surface area (Å²) >= 11 is 0. The Bertz CT molecular complexity index is 334. The fourth-order valence-electron chi connectivity index (χ4n) is 0.874. The summed E-state index contributed by atoms with van der Waals surface area (Å²) < 4.78 is 29.6. The molecule has 12 heavy (non-hydrogen) atoms. The average molecular weight is 175 g/mol. The summed E-state index contributed by atoms with van der Waals surface area (Å²) in [7, 11) is 0. The van der Waals surface area contributed by atoms with Crippen molar-refractivity contribution < 1.29 is 15.1 Å². The molecule has 5 N–H and O–H groups in total. The fourth-order valence-corrected chi connectivity index (χ4v) is 0.874. The van der Waals surface area contributed by atoms with Crippen LogP contribution in [0.1, 0.15) is 18.3 Å². The Morgan fingerprint density at radius 2 is 2.58 bits per heavy atom. The Morgan fingerprint density at radius 3 is 3.00 bits per heavy atom. The molecule has 2 amide bonds.